The standard InChI is InChI=1S/C15H24N2/c1-11-5-4-6-13(9-11)17(3)15-8-7-12(2)10-14(15)16/h7-8,10-11,13H,4-6,9,16H2,1-3H3. The summed E-state index contributed by atoms with van der Waals surface area (Å²) in [7, 11) is 2.18. The molecule has 0 saturated heterocycles. The minimum Gasteiger partial charge on any atom is -0.397 e. The van der Waals surface area contributed by atoms with Crippen LogP contribution in [0.1, 0.15) is 38.2 Å². The predicted molar refractivity (Wildman–Crippen MR) is 75.4 cm³/mol. The number of nitrogens with two attached hydrogens (primary N) is 1. The first-order chi connectivity index (χ1) is 8.08. The quantitative estimate of drug-likeness (QED) is 0.790. The summed E-state index contributed by atoms with van der Waals surface area (Å²) in [6.45, 7) is 4.45. The number of hydrogen-bond acceptors (Lipinski definition) is 2. The highest BCUT2D eigenvalue weighted by atomic mass is 15.1. The van der Waals surface area contributed by atoms with Crippen LogP contribution >= 0.6 is 0 Å². The Kier molecular flexibility index (Phi) is 3.60. The molecule has 0 aliphatic heterocycles. The highest BCUT2D eigenvalue weighted by Crippen LogP contribution is 2.32. The van der Waals surface area contributed by atoms with Crippen molar-refractivity contribution in [3.63, 3.8) is 0 Å². The second-order valence-corrected chi connectivity index (χ2v) is 5.60. The zero-order valence-electron chi connectivity index (χ0n) is 11.2. The molecule has 2 heteroatoms. The van der Waals surface area contributed by atoms with Crippen molar-refractivity contribution >= 4 is 11.4 Å². The molecule has 1 aromatic carbocycles. The molecule has 0 radical (unpaired) electrons. The van der Waals surface area contributed by atoms with Gasteiger partial charge in [0.15, 0.2) is 0 Å². The van der Waals surface area contributed by atoms with Gasteiger partial charge in [-0.25, -0.2) is 0 Å². The summed E-state index contributed by atoms with van der Waals surface area (Å²) < 4.78 is 0. The highest BCUT2D eigenvalue weighted by Gasteiger charge is 2.23. The van der Waals surface area contributed by atoms with Crippen molar-refractivity contribution in [3.8, 4) is 0 Å². The van der Waals surface area contributed by atoms with E-state index in [2.05, 4.69) is 44.0 Å². The van der Waals surface area contributed by atoms with Gasteiger partial charge in [0.05, 0.1) is 11.4 Å². The van der Waals surface area contributed by atoms with Gasteiger partial charge in [0, 0.05) is 13.1 Å². The van der Waals surface area contributed by atoms with Crippen molar-refractivity contribution in [3.05, 3.63) is 23.8 Å². The molecule has 0 amide bonds. The van der Waals surface area contributed by atoms with Crippen LogP contribution in [0.4, 0.5) is 11.4 Å². The van der Waals surface area contributed by atoms with E-state index in [9.17, 15) is 0 Å². The lowest BCUT2D eigenvalue weighted by Crippen LogP contribution is -2.35. The Labute approximate surface area is 105 Å². The molecule has 2 N–H and O–H groups in total. The van der Waals surface area contributed by atoms with Gasteiger partial charge in [0.1, 0.15) is 0 Å². The third kappa shape index (κ3) is 2.74. The van der Waals surface area contributed by atoms with E-state index < -0.39 is 0 Å². The van der Waals surface area contributed by atoms with Gasteiger partial charge < -0.3 is 10.6 Å². The van der Waals surface area contributed by atoms with Crippen LogP contribution in [0.3, 0.4) is 0 Å². The average Bonchev–Trinajstić information content (AvgIpc) is 2.28. The molecular weight excluding hydrogens is 208 g/mol. The van der Waals surface area contributed by atoms with Crippen molar-refractivity contribution in [1.29, 1.82) is 0 Å². The molecule has 0 spiro atoms. The highest BCUT2D eigenvalue weighted by molar-refractivity contribution is 5.68. The van der Waals surface area contributed by atoms with E-state index in [1.54, 1.807) is 0 Å². The molecular formula is C15H24N2. The van der Waals surface area contributed by atoms with Crippen molar-refractivity contribution in [2.75, 3.05) is 17.7 Å². The molecule has 2 atom stereocenters. The van der Waals surface area contributed by atoms with E-state index in [1.165, 1.54) is 36.9 Å². The van der Waals surface area contributed by atoms with E-state index in [0.717, 1.165) is 11.6 Å². The summed E-state index contributed by atoms with van der Waals surface area (Å²) in [5, 5.41) is 0. The van der Waals surface area contributed by atoms with Crippen LogP contribution in [0.2, 0.25) is 0 Å². The zero-order valence-corrected chi connectivity index (χ0v) is 11.2. The molecule has 1 saturated carbocycles. The molecule has 1 aromatic rings. The van der Waals surface area contributed by atoms with Crippen LogP contribution in [0, 0.1) is 12.8 Å². The third-order valence-electron chi connectivity index (χ3n) is 4.02. The molecule has 0 aromatic heterocycles. The summed E-state index contributed by atoms with van der Waals surface area (Å²) in [5.74, 6) is 0.850. The minimum absolute atomic E-state index is 0.656. The number of anilines is 2. The molecule has 0 heterocycles. The van der Waals surface area contributed by atoms with E-state index in [0.29, 0.717) is 6.04 Å². The molecule has 1 aliphatic rings. The summed E-state index contributed by atoms with van der Waals surface area (Å²) in [4.78, 5) is 2.38. The van der Waals surface area contributed by atoms with Gasteiger partial charge in [-0.2, -0.15) is 0 Å². The predicted octanol–water partition coefficient (Wildman–Crippen LogP) is 3.59. The number of aryl methyl sites for hydroxylation is 1. The van der Waals surface area contributed by atoms with E-state index >= 15 is 0 Å². The maximum absolute atomic E-state index is 6.12. The first kappa shape index (κ1) is 12.3. The molecule has 1 fully saturated rings. The lowest BCUT2D eigenvalue weighted by atomic mass is 9.86. The van der Waals surface area contributed by atoms with Gasteiger partial charge in [0.25, 0.3) is 0 Å². The summed E-state index contributed by atoms with van der Waals surface area (Å²) in [6.07, 6.45) is 5.33. The van der Waals surface area contributed by atoms with Crippen LogP contribution in [0.25, 0.3) is 0 Å². The van der Waals surface area contributed by atoms with Crippen molar-refractivity contribution in [2.24, 2.45) is 5.92 Å². The van der Waals surface area contributed by atoms with Gasteiger partial charge in [-0.05, 0) is 43.4 Å². The van der Waals surface area contributed by atoms with Crippen molar-refractivity contribution < 1.29 is 0 Å². The SMILES string of the molecule is Cc1ccc(N(C)C2CCCC(C)C2)c(N)c1. The maximum atomic E-state index is 6.12. The Balaban J connectivity index is 2.15. The monoisotopic (exact) mass is 232 g/mol. The molecule has 2 nitrogen and oxygen atoms in total. The topological polar surface area (TPSA) is 29.3 Å². The molecule has 0 bridgehead atoms. The van der Waals surface area contributed by atoms with Gasteiger partial charge in [0.2, 0.25) is 0 Å². The third-order valence-corrected chi connectivity index (χ3v) is 4.02. The number of hydrogen-bond donors (Lipinski definition) is 1. The van der Waals surface area contributed by atoms with E-state index in [1.807, 2.05) is 0 Å². The van der Waals surface area contributed by atoms with Crippen molar-refractivity contribution in [2.45, 2.75) is 45.6 Å². The van der Waals surface area contributed by atoms with Crippen molar-refractivity contribution in [1.82, 2.24) is 0 Å². The number of rotatable bonds is 2. The number of nitrogen functional groups attached to an aromatic ring is 1. The van der Waals surface area contributed by atoms with Crippen LogP contribution in [0.15, 0.2) is 18.2 Å². The average molecular weight is 232 g/mol. The van der Waals surface area contributed by atoms with Crippen LogP contribution in [-0.2, 0) is 0 Å². The summed E-state index contributed by atoms with van der Waals surface area (Å²) >= 11 is 0. The summed E-state index contributed by atoms with van der Waals surface area (Å²) in [6, 6.07) is 7.03. The zero-order chi connectivity index (χ0) is 12.4. The number of nitrogens with zero attached hydrogens (tertiary/aromatic N) is 1. The molecule has 17 heavy (non-hydrogen) atoms. The smallest absolute Gasteiger partial charge is 0.0600 e. The second kappa shape index (κ2) is 4.99. The van der Waals surface area contributed by atoms with Gasteiger partial charge in [-0.1, -0.05) is 25.8 Å². The van der Waals surface area contributed by atoms with Crippen LogP contribution in [-0.4, -0.2) is 13.1 Å². The Morgan fingerprint density at radius 1 is 1.29 bits per heavy atom. The van der Waals surface area contributed by atoms with Crippen LogP contribution < -0.4 is 10.6 Å². The van der Waals surface area contributed by atoms with E-state index in [-0.39, 0.29) is 0 Å². The minimum atomic E-state index is 0.656. The Morgan fingerprint density at radius 2 is 2.06 bits per heavy atom. The first-order valence-corrected chi connectivity index (χ1v) is 6.67. The van der Waals surface area contributed by atoms with Gasteiger partial charge in [-0.15, -0.1) is 0 Å². The second-order valence-electron chi connectivity index (χ2n) is 5.60. The summed E-state index contributed by atoms with van der Waals surface area (Å²) in [5.41, 5.74) is 9.45. The molecule has 1 aliphatic carbocycles. The molecule has 2 rings (SSSR count). The van der Waals surface area contributed by atoms with E-state index in [4.69, 9.17) is 5.73 Å². The fourth-order valence-corrected chi connectivity index (χ4v) is 2.95. The fraction of sp³-hybridized carbons (Fsp3) is 0.600. The first-order valence-electron chi connectivity index (χ1n) is 6.67. The molecule has 94 valence electrons. The molecule has 2 unspecified atom stereocenters. The van der Waals surface area contributed by atoms with Crippen LogP contribution in [0.5, 0.6) is 0 Å². The Hall–Kier alpha value is -1.18. The maximum Gasteiger partial charge on any atom is 0.0600 e. The normalized spacial score (nSPS) is 24.6. The fourth-order valence-electron chi connectivity index (χ4n) is 2.95. The Bertz CT molecular complexity index is 387. The number of benzene rings is 1. The Morgan fingerprint density at radius 3 is 2.71 bits per heavy atom. The lowest BCUT2D eigenvalue weighted by molar-refractivity contribution is 0.336. The van der Waals surface area contributed by atoms with Gasteiger partial charge in [-0.3, -0.25) is 0 Å². The largest absolute Gasteiger partial charge is 0.397 e. The lowest BCUT2D eigenvalue weighted by Gasteiger charge is -2.36. The van der Waals surface area contributed by atoms with Gasteiger partial charge >= 0.3 is 0 Å².